The number of carbonyl (C=O) groups is 1. The van der Waals surface area contributed by atoms with E-state index in [9.17, 15) is 4.79 Å². The molecule has 2 heterocycles. The molecule has 0 aliphatic carbocycles. The van der Waals surface area contributed by atoms with Gasteiger partial charge in [0.2, 0.25) is 0 Å². The van der Waals surface area contributed by atoms with Gasteiger partial charge >= 0.3 is 0 Å². The molecule has 1 atom stereocenters. The molecule has 0 spiro atoms. The van der Waals surface area contributed by atoms with Gasteiger partial charge in [0.05, 0.1) is 6.10 Å². The lowest BCUT2D eigenvalue weighted by Gasteiger charge is -2.22. The number of anilines is 1. The van der Waals surface area contributed by atoms with Crippen LogP contribution in [0.25, 0.3) is 0 Å². The van der Waals surface area contributed by atoms with Crippen molar-refractivity contribution >= 4 is 11.6 Å². The van der Waals surface area contributed by atoms with E-state index in [1.54, 1.807) is 0 Å². The number of amides is 1. The van der Waals surface area contributed by atoms with E-state index < -0.39 is 0 Å². The molecule has 1 amide bonds. The van der Waals surface area contributed by atoms with Crippen molar-refractivity contribution in [3.05, 3.63) is 29.3 Å². The fraction of sp³-hybridized carbons (Fsp3) is 0.588. The fourth-order valence-electron chi connectivity index (χ4n) is 3.10. The summed E-state index contributed by atoms with van der Waals surface area (Å²) in [6.07, 6.45) is 6.98. The molecule has 1 aromatic rings. The predicted octanol–water partition coefficient (Wildman–Crippen LogP) is 2.73. The first-order chi connectivity index (χ1) is 10.3. The van der Waals surface area contributed by atoms with Crippen LogP contribution in [0, 0.1) is 0 Å². The summed E-state index contributed by atoms with van der Waals surface area (Å²) in [7, 11) is 0. The Hall–Kier alpha value is -1.55. The summed E-state index contributed by atoms with van der Waals surface area (Å²) in [4.78, 5) is 12.2. The third-order valence-electron chi connectivity index (χ3n) is 4.33. The van der Waals surface area contributed by atoms with Gasteiger partial charge in [-0.2, -0.15) is 0 Å². The smallest absolute Gasteiger partial charge is 0.251 e. The fourth-order valence-corrected chi connectivity index (χ4v) is 3.10. The zero-order valence-corrected chi connectivity index (χ0v) is 12.5. The second-order valence-electron chi connectivity index (χ2n) is 5.94. The molecule has 1 fully saturated rings. The maximum Gasteiger partial charge on any atom is 0.251 e. The molecule has 2 N–H and O–H groups in total. The monoisotopic (exact) mass is 288 g/mol. The Morgan fingerprint density at radius 3 is 3.14 bits per heavy atom. The van der Waals surface area contributed by atoms with Crippen LogP contribution in [0.1, 0.15) is 48.0 Å². The summed E-state index contributed by atoms with van der Waals surface area (Å²) in [5.74, 6) is 0.0270. The number of fused-ring (bicyclic) bond motifs is 1. The summed E-state index contributed by atoms with van der Waals surface area (Å²) in [6.45, 7) is 2.59. The second-order valence-corrected chi connectivity index (χ2v) is 5.94. The predicted molar refractivity (Wildman–Crippen MR) is 83.8 cm³/mol. The van der Waals surface area contributed by atoms with Crippen LogP contribution in [0.5, 0.6) is 0 Å². The minimum atomic E-state index is 0.0270. The van der Waals surface area contributed by atoms with Gasteiger partial charge in [0.15, 0.2) is 0 Å². The van der Waals surface area contributed by atoms with E-state index in [1.165, 1.54) is 24.1 Å². The molecule has 1 unspecified atom stereocenters. The third-order valence-corrected chi connectivity index (χ3v) is 4.33. The van der Waals surface area contributed by atoms with Crippen LogP contribution in [-0.4, -0.2) is 31.7 Å². The van der Waals surface area contributed by atoms with Gasteiger partial charge in [0.25, 0.3) is 5.91 Å². The van der Waals surface area contributed by atoms with Gasteiger partial charge in [-0.15, -0.1) is 0 Å². The Kier molecular flexibility index (Phi) is 4.76. The molecule has 0 saturated carbocycles. The Balaban J connectivity index is 1.50. The molecule has 1 saturated heterocycles. The highest BCUT2D eigenvalue weighted by Crippen LogP contribution is 2.23. The number of rotatable bonds is 4. The van der Waals surface area contributed by atoms with E-state index >= 15 is 0 Å². The molecule has 114 valence electrons. The molecule has 0 radical (unpaired) electrons. The average Bonchev–Trinajstić information content (AvgIpc) is 2.55. The largest absolute Gasteiger partial charge is 0.385 e. The van der Waals surface area contributed by atoms with E-state index in [-0.39, 0.29) is 5.91 Å². The molecule has 2 aliphatic heterocycles. The minimum absolute atomic E-state index is 0.0270. The first-order valence-corrected chi connectivity index (χ1v) is 8.09. The van der Waals surface area contributed by atoms with E-state index in [0.717, 1.165) is 44.4 Å². The second kappa shape index (κ2) is 6.94. The number of aryl methyl sites for hydroxylation is 1. The average molecular weight is 288 g/mol. The first-order valence-electron chi connectivity index (χ1n) is 8.09. The highest BCUT2D eigenvalue weighted by Gasteiger charge is 2.15. The topological polar surface area (TPSA) is 50.4 Å². The van der Waals surface area contributed by atoms with Gasteiger partial charge in [-0.3, -0.25) is 4.79 Å². The van der Waals surface area contributed by atoms with Crippen LogP contribution in [0.15, 0.2) is 18.2 Å². The maximum atomic E-state index is 12.2. The van der Waals surface area contributed by atoms with Crippen LogP contribution in [-0.2, 0) is 11.2 Å². The van der Waals surface area contributed by atoms with Crippen molar-refractivity contribution < 1.29 is 9.53 Å². The van der Waals surface area contributed by atoms with E-state index in [0.29, 0.717) is 12.6 Å². The van der Waals surface area contributed by atoms with Gasteiger partial charge in [0, 0.05) is 30.9 Å². The number of hydrogen-bond donors (Lipinski definition) is 2. The summed E-state index contributed by atoms with van der Waals surface area (Å²) < 4.78 is 5.68. The van der Waals surface area contributed by atoms with Crippen LogP contribution in [0.3, 0.4) is 0 Å². The Bertz CT molecular complexity index is 496. The van der Waals surface area contributed by atoms with Crippen molar-refractivity contribution in [3.8, 4) is 0 Å². The van der Waals surface area contributed by atoms with Crippen LogP contribution >= 0.6 is 0 Å². The zero-order chi connectivity index (χ0) is 14.5. The number of benzene rings is 1. The Morgan fingerprint density at radius 1 is 1.33 bits per heavy atom. The molecular weight excluding hydrogens is 264 g/mol. The molecule has 1 aromatic carbocycles. The van der Waals surface area contributed by atoms with Crippen molar-refractivity contribution in [1.82, 2.24) is 5.32 Å². The van der Waals surface area contributed by atoms with Gasteiger partial charge in [0.1, 0.15) is 0 Å². The standard InChI is InChI=1S/C17H24N2O2/c20-17(19-10-8-15-5-1-2-11-21-15)14-6-7-16-13(12-14)4-3-9-18-16/h6-7,12,15,18H,1-5,8-11H2,(H,19,20). The number of hydrogen-bond acceptors (Lipinski definition) is 3. The molecule has 0 aromatic heterocycles. The van der Waals surface area contributed by atoms with Gasteiger partial charge in [-0.05, 0) is 62.3 Å². The van der Waals surface area contributed by atoms with Gasteiger partial charge < -0.3 is 15.4 Å². The quantitative estimate of drug-likeness (QED) is 0.895. The highest BCUT2D eigenvalue weighted by atomic mass is 16.5. The third kappa shape index (κ3) is 3.76. The van der Waals surface area contributed by atoms with Crippen molar-refractivity contribution in [2.75, 3.05) is 25.0 Å². The van der Waals surface area contributed by atoms with Gasteiger partial charge in [-0.25, -0.2) is 0 Å². The number of carbonyl (C=O) groups excluding carboxylic acids is 1. The van der Waals surface area contributed by atoms with Gasteiger partial charge in [-0.1, -0.05) is 0 Å². The lowest BCUT2D eigenvalue weighted by atomic mass is 10.0. The Labute approximate surface area is 126 Å². The molecule has 4 nitrogen and oxygen atoms in total. The minimum Gasteiger partial charge on any atom is -0.385 e. The van der Waals surface area contributed by atoms with Crippen LogP contribution in [0.4, 0.5) is 5.69 Å². The molecule has 0 bridgehead atoms. The Morgan fingerprint density at radius 2 is 2.29 bits per heavy atom. The summed E-state index contributed by atoms with van der Waals surface area (Å²) in [5, 5.41) is 6.38. The normalized spacial score (nSPS) is 21.2. The molecule has 3 rings (SSSR count). The van der Waals surface area contributed by atoms with Crippen molar-refractivity contribution in [3.63, 3.8) is 0 Å². The molecule has 2 aliphatic rings. The summed E-state index contributed by atoms with van der Waals surface area (Å²) in [6, 6.07) is 5.95. The van der Waals surface area contributed by atoms with Crippen LogP contribution < -0.4 is 10.6 Å². The van der Waals surface area contributed by atoms with Crippen molar-refractivity contribution in [2.45, 2.75) is 44.6 Å². The van der Waals surface area contributed by atoms with E-state index in [2.05, 4.69) is 10.6 Å². The van der Waals surface area contributed by atoms with E-state index in [4.69, 9.17) is 4.74 Å². The highest BCUT2D eigenvalue weighted by molar-refractivity contribution is 5.94. The summed E-state index contributed by atoms with van der Waals surface area (Å²) in [5.41, 5.74) is 3.19. The van der Waals surface area contributed by atoms with E-state index in [1.807, 2.05) is 18.2 Å². The summed E-state index contributed by atoms with van der Waals surface area (Å²) >= 11 is 0. The molecule has 21 heavy (non-hydrogen) atoms. The number of ether oxygens (including phenoxy) is 1. The van der Waals surface area contributed by atoms with Crippen molar-refractivity contribution in [2.24, 2.45) is 0 Å². The molecular formula is C17H24N2O2. The lowest BCUT2D eigenvalue weighted by molar-refractivity contribution is 0.0117. The van der Waals surface area contributed by atoms with Crippen molar-refractivity contribution in [1.29, 1.82) is 0 Å². The SMILES string of the molecule is O=C(NCCC1CCCCO1)c1ccc2c(c1)CCCN2. The lowest BCUT2D eigenvalue weighted by Crippen LogP contribution is -2.29. The maximum absolute atomic E-state index is 12.2. The molecule has 4 heteroatoms. The number of nitrogens with one attached hydrogen (secondary N) is 2. The van der Waals surface area contributed by atoms with Crippen LogP contribution in [0.2, 0.25) is 0 Å². The zero-order valence-electron chi connectivity index (χ0n) is 12.5. The first kappa shape index (κ1) is 14.4.